The van der Waals surface area contributed by atoms with Gasteiger partial charge in [0.2, 0.25) is 0 Å². The summed E-state index contributed by atoms with van der Waals surface area (Å²) in [7, 11) is 0. The Morgan fingerprint density at radius 3 is 2.60 bits per heavy atom. The van der Waals surface area contributed by atoms with Crippen LogP contribution in [0.15, 0.2) is 11.6 Å². The van der Waals surface area contributed by atoms with E-state index in [1.165, 1.54) is 0 Å². The van der Waals surface area contributed by atoms with E-state index >= 15 is 0 Å². The summed E-state index contributed by atoms with van der Waals surface area (Å²) in [6.45, 7) is 0. The van der Waals surface area contributed by atoms with Crippen molar-refractivity contribution >= 4 is 11.9 Å². The van der Waals surface area contributed by atoms with E-state index in [-0.39, 0.29) is 11.8 Å². The molecule has 0 aromatic carbocycles. The molecule has 0 aromatic rings. The second kappa shape index (κ2) is 3.68. The highest BCUT2D eigenvalue weighted by Crippen LogP contribution is 2.44. The number of fused-ring (bicyclic) bond motifs is 2. The van der Waals surface area contributed by atoms with E-state index in [0.717, 1.165) is 12.8 Å². The molecule has 3 atom stereocenters. The topological polar surface area (TPSA) is 74.6 Å². The Balaban J connectivity index is 2.33. The molecule has 1 fully saturated rings. The standard InChI is InChI=1S/C11H14O4/c12-10(13)8-5-4-6-2-1-3-7(8)9(6)11(14)15/h5-7,9H,1-4H2,(H,12,13)(H,14,15). The third-order valence-electron chi connectivity index (χ3n) is 3.60. The van der Waals surface area contributed by atoms with Crippen molar-refractivity contribution in [3.63, 3.8) is 0 Å². The molecule has 0 aromatic heterocycles. The molecule has 2 bridgehead atoms. The summed E-state index contributed by atoms with van der Waals surface area (Å²) in [6.07, 6.45) is 4.89. The van der Waals surface area contributed by atoms with Crippen LogP contribution in [0.1, 0.15) is 25.7 Å². The summed E-state index contributed by atoms with van der Waals surface area (Å²) in [5.74, 6) is -2.39. The zero-order chi connectivity index (χ0) is 11.0. The average molecular weight is 210 g/mol. The van der Waals surface area contributed by atoms with Crippen molar-refractivity contribution in [1.82, 2.24) is 0 Å². The van der Waals surface area contributed by atoms with Crippen LogP contribution in [0.2, 0.25) is 0 Å². The van der Waals surface area contributed by atoms with E-state index in [1.54, 1.807) is 6.08 Å². The van der Waals surface area contributed by atoms with Crippen molar-refractivity contribution in [3.05, 3.63) is 11.6 Å². The summed E-state index contributed by atoms with van der Waals surface area (Å²) in [6, 6.07) is 0. The molecule has 4 heteroatoms. The van der Waals surface area contributed by atoms with Crippen LogP contribution in [0.3, 0.4) is 0 Å². The molecule has 4 nitrogen and oxygen atoms in total. The summed E-state index contributed by atoms with van der Waals surface area (Å²) < 4.78 is 0. The molecule has 82 valence electrons. The molecule has 0 aliphatic heterocycles. The van der Waals surface area contributed by atoms with E-state index in [1.807, 2.05) is 0 Å². The molecular formula is C11H14O4. The lowest BCUT2D eigenvalue weighted by atomic mass is 9.64. The van der Waals surface area contributed by atoms with E-state index in [0.29, 0.717) is 18.4 Å². The number of hydrogen-bond acceptors (Lipinski definition) is 2. The van der Waals surface area contributed by atoms with Gasteiger partial charge in [-0.15, -0.1) is 0 Å². The van der Waals surface area contributed by atoms with Crippen molar-refractivity contribution in [2.45, 2.75) is 25.7 Å². The van der Waals surface area contributed by atoms with E-state index in [4.69, 9.17) is 10.2 Å². The van der Waals surface area contributed by atoms with Crippen LogP contribution >= 0.6 is 0 Å². The fourth-order valence-corrected chi connectivity index (χ4v) is 2.95. The Hall–Kier alpha value is -1.32. The van der Waals surface area contributed by atoms with Gasteiger partial charge in [-0.3, -0.25) is 4.79 Å². The second-order valence-corrected chi connectivity index (χ2v) is 4.36. The van der Waals surface area contributed by atoms with Gasteiger partial charge in [0.05, 0.1) is 5.92 Å². The SMILES string of the molecule is O=C(O)C1=CCC2CCCC1C2C(=O)O. The first kappa shape index (κ1) is 10.2. The quantitative estimate of drug-likeness (QED) is 0.724. The van der Waals surface area contributed by atoms with Crippen LogP contribution < -0.4 is 0 Å². The highest BCUT2D eigenvalue weighted by Gasteiger charge is 2.43. The summed E-state index contributed by atoms with van der Waals surface area (Å²) >= 11 is 0. The molecule has 0 heterocycles. The first-order valence-corrected chi connectivity index (χ1v) is 5.27. The molecule has 0 spiro atoms. The molecule has 2 N–H and O–H groups in total. The molecule has 2 aliphatic carbocycles. The molecule has 0 amide bonds. The largest absolute Gasteiger partial charge is 0.481 e. The predicted molar refractivity (Wildman–Crippen MR) is 52.3 cm³/mol. The normalized spacial score (nSPS) is 34.4. The van der Waals surface area contributed by atoms with Crippen LogP contribution in [0.5, 0.6) is 0 Å². The summed E-state index contributed by atoms with van der Waals surface area (Å²) in [4.78, 5) is 22.1. The monoisotopic (exact) mass is 210 g/mol. The smallest absolute Gasteiger partial charge is 0.331 e. The molecule has 3 unspecified atom stereocenters. The Bertz CT molecular complexity index is 331. The highest BCUT2D eigenvalue weighted by molar-refractivity contribution is 5.89. The first-order valence-electron chi connectivity index (χ1n) is 5.27. The molecule has 0 radical (unpaired) electrons. The second-order valence-electron chi connectivity index (χ2n) is 4.36. The Morgan fingerprint density at radius 1 is 1.27 bits per heavy atom. The van der Waals surface area contributed by atoms with E-state index in [9.17, 15) is 9.59 Å². The van der Waals surface area contributed by atoms with Gasteiger partial charge in [0.1, 0.15) is 0 Å². The van der Waals surface area contributed by atoms with Crippen LogP contribution in [0, 0.1) is 17.8 Å². The fraction of sp³-hybridized carbons (Fsp3) is 0.636. The lowest BCUT2D eigenvalue weighted by Gasteiger charge is -2.38. The number of carboxylic acids is 2. The van der Waals surface area contributed by atoms with Gasteiger partial charge in [-0.2, -0.15) is 0 Å². The fourth-order valence-electron chi connectivity index (χ4n) is 2.95. The van der Waals surface area contributed by atoms with Crippen molar-refractivity contribution in [2.24, 2.45) is 17.8 Å². The zero-order valence-electron chi connectivity index (χ0n) is 8.35. The Kier molecular flexibility index (Phi) is 2.50. The maximum atomic E-state index is 11.1. The van der Waals surface area contributed by atoms with Gasteiger partial charge in [-0.1, -0.05) is 12.5 Å². The van der Waals surface area contributed by atoms with Crippen LogP contribution in [0.4, 0.5) is 0 Å². The predicted octanol–water partition coefficient (Wildman–Crippen LogP) is 1.52. The van der Waals surface area contributed by atoms with Gasteiger partial charge in [-0.25, -0.2) is 4.79 Å². The maximum Gasteiger partial charge on any atom is 0.331 e. The number of hydrogen-bond donors (Lipinski definition) is 2. The molecule has 1 saturated carbocycles. The lowest BCUT2D eigenvalue weighted by molar-refractivity contribution is -0.147. The van der Waals surface area contributed by atoms with Gasteiger partial charge in [-0.05, 0) is 25.2 Å². The summed E-state index contributed by atoms with van der Waals surface area (Å²) in [5.41, 5.74) is 0.318. The number of aliphatic carboxylic acids is 2. The minimum absolute atomic E-state index is 0.143. The van der Waals surface area contributed by atoms with Gasteiger partial charge >= 0.3 is 11.9 Å². The molecule has 15 heavy (non-hydrogen) atoms. The number of carbonyl (C=O) groups is 2. The van der Waals surface area contributed by atoms with Gasteiger partial charge < -0.3 is 10.2 Å². The van der Waals surface area contributed by atoms with Crippen molar-refractivity contribution in [2.75, 3.05) is 0 Å². The van der Waals surface area contributed by atoms with Gasteiger partial charge in [0, 0.05) is 11.5 Å². The van der Waals surface area contributed by atoms with Gasteiger partial charge in [0.15, 0.2) is 0 Å². The third kappa shape index (κ3) is 1.64. The minimum atomic E-state index is -0.952. The number of rotatable bonds is 2. The molecule has 2 rings (SSSR count). The number of carboxylic acid groups (broad SMARTS) is 2. The van der Waals surface area contributed by atoms with Crippen molar-refractivity contribution < 1.29 is 19.8 Å². The molecule has 2 aliphatic rings. The molecular weight excluding hydrogens is 196 g/mol. The van der Waals surface area contributed by atoms with E-state index < -0.39 is 17.9 Å². The first-order chi connectivity index (χ1) is 7.11. The molecule has 0 saturated heterocycles. The van der Waals surface area contributed by atoms with Crippen LogP contribution in [-0.2, 0) is 9.59 Å². The van der Waals surface area contributed by atoms with Crippen LogP contribution in [-0.4, -0.2) is 22.2 Å². The maximum absolute atomic E-state index is 11.1. The van der Waals surface area contributed by atoms with Crippen molar-refractivity contribution in [3.8, 4) is 0 Å². The van der Waals surface area contributed by atoms with Crippen LogP contribution in [0.25, 0.3) is 0 Å². The third-order valence-corrected chi connectivity index (χ3v) is 3.60. The summed E-state index contributed by atoms with van der Waals surface area (Å²) in [5, 5.41) is 18.1. The highest BCUT2D eigenvalue weighted by atomic mass is 16.4. The van der Waals surface area contributed by atoms with Gasteiger partial charge in [0.25, 0.3) is 0 Å². The minimum Gasteiger partial charge on any atom is -0.481 e. The lowest BCUT2D eigenvalue weighted by Crippen LogP contribution is -2.39. The average Bonchev–Trinajstić information content (AvgIpc) is 2.15. The Labute approximate surface area is 87.6 Å². The Morgan fingerprint density at radius 2 is 2.00 bits per heavy atom. The number of allylic oxidation sites excluding steroid dienone is 1. The van der Waals surface area contributed by atoms with Crippen molar-refractivity contribution in [1.29, 1.82) is 0 Å². The van der Waals surface area contributed by atoms with E-state index in [2.05, 4.69) is 0 Å². The zero-order valence-corrected chi connectivity index (χ0v) is 8.35.